The van der Waals surface area contributed by atoms with Crippen molar-refractivity contribution in [1.29, 1.82) is 0 Å². The zero-order chi connectivity index (χ0) is 16.5. The van der Waals surface area contributed by atoms with Gasteiger partial charge < -0.3 is 15.5 Å². The van der Waals surface area contributed by atoms with Crippen molar-refractivity contribution < 1.29 is 9.59 Å². The Morgan fingerprint density at radius 2 is 1.96 bits per heavy atom. The Labute approximate surface area is 138 Å². The number of piperidine rings is 1. The Balaban J connectivity index is 2.04. The fraction of sp³-hybridized carbons (Fsp3) is 0.556. The van der Waals surface area contributed by atoms with Gasteiger partial charge in [-0.1, -0.05) is 37.3 Å². The molecule has 1 aliphatic heterocycles. The van der Waals surface area contributed by atoms with Gasteiger partial charge in [0.2, 0.25) is 11.8 Å². The highest BCUT2D eigenvalue weighted by molar-refractivity contribution is 5.89. The Bertz CT molecular complexity index is 504. The number of nitrogens with zero attached hydrogens (tertiary/aromatic N) is 1. The van der Waals surface area contributed by atoms with Gasteiger partial charge in [0, 0.05) is 26.1 Å². The normalized spacial score (nSPS) is 16.2. The first kappa shape index (κ1) is 17.5. The fourth-order valence-corrected chi connectivity index (χ4v) is 2.88. The summed E-state index contributed by atoms with van der Waals surface area (Å²) in [5, 5.41) is 6.22. The van der Waals surface area contributed by atoms with Gasteiger partial charge in [-0.3, -0.25) is 9.59 Å². The summed E-state index contributed by atoms with van der Waals surface area (Å²) in [6, 6.07) is 9.06. The highest BCUT2D eigenvalue weighted by Crippen LogP contribution is 2.25. The maximum atomic E-state index is 12.7. The molecule has 1 aromatic carbocycles. The molecule has 1 aromatic rings. The second kappa shape index (κ2) is 9.30. The summed E-state index contributed by atoms with van der Waals surface area (Å²) in [5.74, 6) is -0.0193. The summed E-state index contributed by atoms with van der Waals surface area (Å²) in [4.78, 5) is 26.7. The molecule has 0 saturated carbocycles. The van der Waals surface area contributed by atoms with Crippen molar-refractivity contribution in [2.45, 2.75) is 38.6 Å². The van der Waals surface area contributed by atoms with Crippen LogP contribution in [-0.4, -0.2) is 42.9 Å². The van der Waals surface area contributed by atoms with Crippen LogP contribution in [0.25, 0.3) is 0 Å². The first-order valence-corrected chi connectivity index (χ1v) is 8.57. The van der Waals surface area contributed by atoms with Crippen LogP contribution in [0.5, 0.6) is 0 Å². The standard InChI is InChI=1S/C18H27N3O2/c1-2-11-19-12-13-20-18(23)17(15-8-4-3-5-9-15)21-14-7-6-10-16(21)22/h3-5,8-9,17,19H,2,6-7,10-14H2,1H3,(H,20,23). The monoisotopic (exact) mass is 317 g/mol. The van der Waals surface area contributed by atoms with Gasteiger partial charge in [0.15, 0.2) is 0 Å². The molecule has 23 heavy (non-hydrogen) atoms. The second-order valence-corrected chi connectivity index (χ2v) is 5.90. The van der Waals surface area contributed by atoms with E-state index < -0.39 is 6.04 Å². The summed E-state index contributed by atoms with van der Waals surface area (Å²) in [6.45, 7) is 5.03. The lowest BCUT2D eigenvalue weighted by Crippen LogP contribution is -2.46. The molecule has 0 spiro atoms. The SMILES string of the molecule is CCCNCCNC(=O)C(c1ccccc1)N1CCCCC1=O. The number of amides is 2. The van der Waals surface area contributed by atoms with Crippen LogP contribution in [0.3, 0.4) is 0 Å². The number of hydrogen-bond acceptors (Lipinski definition) is 3. The van der Waals surface area contributed by atoms with E-state index in [0.29, 0.717) is 19.5 Å². The lowest BCUT2D eigenvalue weighted by atomic mass is 10.0. The summed E-state index contributed by atoms with van der Waals surface area (Å²) in [6.07, 6.45) is 3.48. The second-order valence-electron chi connectivity index (χ2n) is 5.90. The fourth-order valence-electron chi connectivity index (χ4n) is 2.88. The van der Waals surface area contributed by atoms with Crippen molar-refractivity contribution in [1.82, 2.24) is 15.5 Å². The van der Waals surface area contributed by atoms with Crippen LogP contribution in [0, 0.1) is 0 Å². The molecule has 0 aliphatic carbocycles. The van der Waals surface area contributed by atoms with Crippen molar-refractivity contribution in [3.63, 3.8) is 0 Å². The van der Waals surface area contributed by atoms with Crippen LogP contribution < -0.4 is 10.6 Å². The van der Waals surface area contributed by atoms with Crippen molar-refractivity contribution in [2.75, 3.05) is 26.2 Å². The van der Waals surface area contributed by atoms with E-state index in [-0.39, 0.29) is 11.8 Å². The van der Waals surface area contributed by atoms with Crippen LogP contribution in [0.4, 0.5) is 0 Å². The Kier molecular flexibility index (Phi) is 7.07. The molecule has 1 heterocycles. The highest BCUT2D eigenvalue weighted by atomic mass is 16.2. The molecule has 5 nitrogen and oxygen atoms in total. The minimum Gasteiger partial charge on any atom is -0.353 e. The lowest BCUT2D eigenvalue weighted by molar-refractivity contribution is -0.142. The van der Waals surface area contributed by atoms with Gasteiger partial charge in [-0.2, -0.15) is 0 Å². The predicted molar refractivity (Wildman–Crippen MR) is 90.9 cm³/mol. The molecule has 1 fully saturated rings. The van der Waals surface area contributed by atoms with Crippen molar-refractivity contribution in [3.8, 4) is 0 Å². The lowest BCUT2D eigenvalue weighted by Gasteiger charge is -2.34. The van der Waals surface area contributed by atoms with E-state index in [1.165, 1.54) is 0 Å². The molecular weight excluding hydrogens is 290 g/mol. The van der Waals surface area contributed by atoms with Crippen LogP contribution in [0.2, 0.25) is 0 Å². The summed E-state index contributed by atoms with van der Waals surface area (Å²) in [7, 11) is 0. The highest BCUT2D eigenvalue weighted by Gasteiger charge is 2.32. The Morgan fingerprint density at radius 1 is 1.17 bits per heavy atom. The topological polar surface area (TPSA) is 61.4 Å². The maximum Gasteiger partial charge on any atom is 0.247 e. The third-order valence-corrected chi connectivity index (χ3v) is 4.06. The van der Waals surface area contributed by atoms with Crippen LogP contribution in [0.15, 0.2) is 30.3 Å². The average molecular weight is 317 g/mol. The molecule has 0 bridgehead atoms. The molecule has 0 aromatic heterocycles. The van der Waals surface area contributed by atoms with Gasteiger partial charge in [-0.05, 0) is 31.4 Å². The smallest absolute Gasteiger partial charge is 0.247 e. The number of carbonyl (C=O) groups excluding carboxylic acids is 2. The largest absolute Gasteiger partial charge is 0.353 e. The Morgan fingerprint density at radius 3 is 2.65 bits per heavy atom. The van der Waals surface area contributed by atoms with Gasteiger partial charge in [-0.25, -0.2) is 0 Å². The van der Waals surface area contributed by atoms with Gasteiger partial charge in [0.25, 0.3) is 0 Å². The summed E-state index contributed by atoms with van der Waals surface area (Å²) in [5.41, 5.74) is 0.877. The number of hydrogen-bond donors (Lipinski definition) is 2. The van der Waals surface area contributed by atoms with Gasteiger partial charge in [0.1, 0.15) is 6.04 Å². The third-order valence-electron chi connectivity index (χ3n) is 4.06. The average Bonchev–Trinajstić information content (AvgIpc) is 2.58. The molecule has 1 unspecified atom stereocenters. The van der Waals surface area contributed by atoms with Crippen molar-refractivity contribution in [2.24, 2.45) is 0 Å². The quantitative estimate of drug-likeness (QED) is 0.720. The number of nitrogens with one attached hydrogen (secondary N) is 2. The first-order chi connectivity index (χ1) is 11.2. The maximum absolute atomic E-state index is 12.7. The van der Waals surface area contributed by atoms with E-state index >= 15 is 0 Å². The van der Waals surface area contributed by atoms with Gasteiger partial charge in [0.05, 0.1) is 0 Å². The molecule has 1 saturated heterocycles. The van der Waals surface area contributed by atoms with Crippen molar-refractivity contribution >= 4 is 11.8 Å². The molecular formula is C18H27N3O2. The predicted octanol–water partition coefficient (Wildman–Crippen LogP) is 1.86. The van der Waals surface area contributed by atoms with Crippen LogP contribution in [-0.2, 0) is 9.59 Å². The third kappa shape index (κ3) is 5.06. The van der Waals surface area contributed by atoms with Gasteiger partial charge in [-0.15, -0.1) is 0 Å². The molecule has 2 amide bonds. The number of carbonyl (C=O) groups is 2. The van der Waals surface area contributed by atoms with E-state index in [1.54, 1.807) is 4.90 Å². The minimum absolute atomic E-state index is 0.0735. The Hall–Kier alpha value is -1.88. The molecule has 5 heteroatoms. The zero-order valence-electron chi connectivity index (χ0n) is 13.9. The summed E-state index contributed by atoms with van der Waals surface area (Å²) < 4.78 is 0. The number of benzene rings is 1. The molecule has 1 aliphatic rings. The van der Waals surface area contributed by atoms with E-state index in [2.05, 4.69) is 17.6 Å². The zero-order valence-corrected chi connectivity index (χ0v) is 13.9. The van der Waals surface area contributed by atoms with Crippen LogP contribution in [0.1, 0.15) is 44.2 Å². The number of likely N-dealkylation sites (tertiary alicyclic amines) is 1. The van der Waals surface area contributed by atoms with Crippen molar-refractivity contribution in [3.05, 3.63) is 35.9 Å². The van der Waals surface area contributed by atoms with E-state index in [9.17, 15) is 9.59 Å². The molecule has 2 N–H and O–H groups in total. The molecule has 1 atom stereocenters. The van der Waals surface area contributed by atoms with Crippen LogP contribution >= 0.6 is 0 Å². The van der Waals surface area contributed by atoms with E-state index in [4.69, 9.17) is 0 Å². The summed E-state index contributed by atoms with van der Waals surface area (Å²) >= 11 is 0. The molecule has 126 valence electrons. The number of rotatable bonds is 8. The molecule has 2 rings (SSSR count). The van der Waals surface area contributed by atoms with E-state index in [1.807, 2.05) is 30.3 Å². The van der Waals surface area contributed by atoms with Gasteiger partial charge >= 0.3 is 0 Å². The first-order valence-electron chi connectivity index (χ1n) is 8.57. The minimum atomic E-state index is -0.518. The van der Waals surface area contributed by atoms with E-state index in [0.717, 1.165) is 37.9 Å². The molecule has 0 radical (unpaired) electrons.